The average Bonchev–Trinajstić information content (AvgIpc) is 2.01. The number of carbonyl (C=O) groups excluding carboxylic acids is 1. The van der Waals surface area contributed by atoms with Gasteiger partial charge in [-0.3, -0.25) is 4.79 Å². The van der Waals surface area contributed by atoms with Crippen LogP contribution < -0.4 is 5.73 Å². The molecule has 11 heavy (non-hydrogen) atoms. The Hall–Kier alpha value is -0.280. The van der Waals surface area contributed by atoms with Crippen molar-refractivity contribution in [1.82, 2.24) is 0 Å². The SMILES string of the molecule is Cl.[2H][C@@H](C(C)C)[C@@]([2H])(N)C(=O)OC. The van der Waals surface area contributed by atoms with Crippen molar-refractivity contribution in [2.24, 2.45) is 11.7 Å². The molecule has 0 aliphatic rings. The number of esters is 1. The molecule has 0 amide bonds. The zero-order valence-corrected chi connectivity index (χ0v) is 7.77. The first kappa shape index (κ1) is 8.81. The molecule has 0 rings (SSSR count). The molecule has 0 aromatic rings. The summed E-state index contributed by atoms with van der Waals surface area (Å²) < 4.78 is 19.1. The number of hydrogen-bond donors (Lipinski definition) is 1. The molecule has 0 saturated carbocycles. The summed E-state index contributed by atoms with van der Waals surface area (Å²) in [5.41, 5.74) is 5.32. The number of nitrogens with two attached hydrogens (primary N) is 1. The molecule has 0 bridgehead atoms. The van der Waals surface area contributed by atoms with Crippen LogP contribution >= 0.6 is 12.4 Å². The molecule has 3 nitrogen and oxygen atoms in total. The second kappa shape index (κ2) is 6.43. The maximum atomic E-state index is 10.9. The number of methoxy groups -OCH3 is 1. The van der Waals surface area contributed by atoms with Crippen molar-refractivity contribution < 1.29 is 12.3 Å². The monoisotopic (exact) mass is 183 g/mol. The van der Waals surface area contributed by atoms with E-state index in [1.54, 1.807) is 13.8 Å². The highest BCUT2D eigenvalue weighted by Gasteiger charge is 2.14. The largest absolute Gasteiger partial charge is 0.468 e. The van der Waals surface area contributed by atoms with Crippen molar-refractivity contribution in [2.45, 2.75) is 26.3 Å². The Labute approximate surface area is 76.5 Å². The Morgan fingerprint density at radius 1 is 1.82 bits per heavy atom. The normalized spacial score (nSPS) is 20.5. The topological polar surface area (TPSA) is 52.3 Å². The summed E-state index contributed by atoms with van der Waals surface area (Å²) in [4.78, 5) is 10.9. The average molecular weight is 184 g/mol. The number of halogens is 1. The van der Waals surface area contributed by atoms with E-state index in [1.807, 2.05) is 0 Å². The van der Waals surface area contributed by atoms with Gasteiger partial charge in [-0.15, -0.1) is 12.4 Å². The van der Waals surface area contributed by atoms with Crippen molar-refractivity contribution in [3.8, 4) is 0 Å². The number of hydrogen-bond acceptors (Lipinski definition) is 3. The standard InChI is InChI=1S/C7H15NO2.ClH/c1-5(2)4-6(8)7(9)10-3;/h5-6H,4,8H2,1-3H3;1H/t6-;/m1./s1/i4D,6D;/t4-,6+;/m0.. The van der Waals surface area contributed by atoms with Crippen LogP contribution in [0.3, 0.4) is 0 Å². The molecule has 0 unspecified atom stereocenters. The zero-order valence-electron chi connectivity index (χ0n) is 8.96. The lowest BCUT2D eigenvalue weighted by Gasteiger charge is -2.10. The Kier molecular flexibility index (Phi) is 5.15. The van der Waals surface area contributed by atoms with Gasteiger partial charge in [0.15, 0.2) is 0 Å². The third kappa shape index (κ3) is 6.13. The third-order valence-electron chi connectivity index (χ3n) is 0.934. The number of carbonyl (C=O) groups is 1. The second-order valence-electron chi connectivity index (χ2n) is 2.36. The van der Waals surface area contributed by atoms with Crippen LogP contribution in [0.15, 0.2) is 0 Å². The predicted molar refractivity (Wildman–Crippen MR) is 46.7 cm³/mol. The molecule has 0 saturated heterocycles. The first-order valence-electron chi connectivity index (χ1n) is 4.21. The highest BCUT2D eigenvalue weighted by atomic mass is 35.5. The molecule has 0 aliphatic carbocycles. The van der Waals surface area contributed by atoms with Crippen LogP contribution in [0.25, 0.3) is 0 Å². The summed E-state index contributed by atoms with van der Waals surface area (Å²) in [7, 11) is 1.16. The van der Waals surface area contributed by atoms with E-state index in [2.05, 4.69) is 4.74 Å². The van der Waals surface area contributed by atoms with Crippen LogP contribution in [0.2, 0.25) is 0 Å². The minimum absolute atomic E-state index is 0. The van der Waals surface area contributed by atoms with Crippen LogP contribution in [0.5, 0.6) is 0 Å². The number of ether oxygens (including phenoxy) is 1. The fourth-order valence-electron chi connectivity index (χ4n) is 0.545. The molecule has 0 aromatic heterocycles. The van der Waals surface area contributed by atoms with E-state index >= 15 is 0 Å². The van der Waals surface area contributed by atoms with Crippen molar-refractivity contribution >= 4 is 18.4 Å². The van der Waals surface area contributed by atoms with Crippen LogP contribution in [0, 0.1) is 5.92 Å². The lowest BCUT2D eigenvalue weighted by atomic mass is 10.1. The van der Waals surface area contributed by atoms with Crippen molar-refractivity contribution in [3.05, 3.63) is 0 Å². The molecular weight excluding hydrogens is 166 g/mol. The van der Waals surface area contributed by atoms with Crippen molar-refractivity contribution in [1.29, 1.82) is 0 Å². The van der Waals surface area contributed by atoms with E-state index in [1.165, 1.54) is 0 Å². The van der Waals surface area contributed by atoms with Gasteiger partial charge in [0.05, 0.1) is 8.48 Å². The zero-order chi connectivity index (χ0) is 9.94. The molecule has 0 fully saturated rings. The fraction of sp³-hybridized carbons (Fsp3) is 0.857. The molecule has 4 heteroatoms. The van der Waals surface area contributed by atoms with E-state index in [0.29, 0.717) is 0 Å². The van der Waals surface area contributed by atoms with E-state index in [4.69, 9.17) is 8.48 Å². The van der Waals surface area contributed by atoms with Gasteiger partial charge < -0.3 is 10.5 Å². The lowest BCUT2D eigenvalue weighted by Crippen LogP contribution is -2.32. The van der Waals surface area contributed by atoms with Crippen LogP contribution in [0.4, 0.5) is 0 Å². The first-order chi connectivity index (χ1) is 5.34. The fourth-order valence-corrected chi connectivity index (χ4v) is 0.545. The van der Waals surface area contributed by atoms with Gasteiger partial charge in [0.2, 0.25) is 0 Å². The van der Waals surface area contributed by atoms with Gasteiger partial charge in [0.25, 0.3) is 0 Å². The van der Waals surface area contributed by atoms with E-state index in [0.717, 1.165) is 7.11 Å². The molecular formula is C7H16ClNO2. The lowest BCUT2D eigenvalue weighted by molar-refractivity contribution is -0.142. The van der Waals surface area contributed by atoms with E-state index in [-0.39, 0.29) is 18.3 Å². The minimum atomic E-state index is -1.96. The van der Waals surface area contributed by atoms with Gasteiger partial charge in [-0.05, 0) is 12.3 Å². The maximum Gasteiger partial charge on any atom is 0.322 e. The summed E-state index contributed by atoms with van der Waals surface area (Å²) in [6, 6.07) is -1.96. The van der Waals surface area contributed by atoms with Gasteiger partial charge in [0, 0.05) is 1.37 Å². The summed E-state index contributed by atoms with van der Waals surface area (Å²) in [6.45, 7) is 3.47. The Bertz CT molecular complexity index is 176. The summed E-state index contributed by atoms with van der Waals surface area (Å²) in [5, 5.41) is 0. The molecule has 2 N–H and O–H groups in total. The quantitative estimate of drug-likeness (QED) is 0.663. The first-order valence-corrected chi connectivity index (χ1v) is 3.13. The van der Waals surface area contributed by atoms with Crippen LogP contribution in [-0.4, -0.2) is 19.1 Å². The van der Waals surface area contributed by atoms with Gasteiger partial charge in [-0.25, -0.2) is 0 Å². The molecule has 0 aromatic carbocycles. The molecule has 0 spiro atoms. The Morgan fingerprint density at radius 2 is 2.27 bits per heavy atom. The van der Waals surface area contributed by atoms with Gasteiger partial charge >= 0.3 is 5.97 Å². The molecule has 0 aliphatic heterocycles. The summed E-state index contributed by atoms with van der Waals surface area (Å²) in [5.74, 6) is -1.01. The van der Waals surface area contributed by atoms with Gasteiger partial charge in [-0.2, -0.15) is 0 Å². The van der Waals surface area contributed by atoms with Gasteiger partial charge in [0.1, 0.15) is 6.02 Å². The third-order valence-corrected chi connectivity index (χ3v) is 0.934. The molecule has 2 atom stereocenters. The predicted octanol–water partition coefficient (Wildman–Crippen LogP) is 0.955. The van der Waals surface area contributed by atoms with E-state index in [9.17, 15) is 4.79 Å². The molecule has 68 valence electrons. The number of rotatable bonds is 3. The van der Waals surface area contributed by atoms with Crippen LogP contribution in [-0.2, 0) is 9.53 Å². The van der Waals surface area contributed by atoms with Crippen LogP contribution in [0.1, 0.15) is 23.0 Å². The summed E-state index contributed by atoms with van der Waals surface area (Å²) >= 11 is 0. The van der Waals surface area contributed by atoms with Gasteiger partial charge in [-0.1, -0.05) is 13.8 Å². The van der Waals surface area contributed by atoms with E-state index < -0.39 is 18.4 Å². The Morgan fingerprint density at radius 3 is 2.55 bits per heavy atom. The van der Waals surface area contributed by atoms with Crippen molar-refractivity contribution in [2.75, 3.05) is 7.11 Å². The highest BCUT2D eigenvalue weighted by Crippen LogP contribution is 2.02. The molecule has 0 radical (unpaired) electrons. The Balaban J connectivity index is 0. The molecule has 0 heterocycles. The maximum absolute atomic E-state index is 10.9. The highest BCUT2D eigenvalue weighted by molar-refractivity contribution is 5.85. The minimum Gasteiger partial charge on any atom is -0.468 e. The smallest absolute Gasteiger partial charge is 0.322 e. The second-order valence-corrected chi connectivity index (χ2v) is 2.36. The van der Waals surface area contributed by atoms with Crippen molar-refractivity contribution in [3.63, 3.8) is 0 Å². The summed E-state index contributed by atoms with van der Waals surface area (Å²) in [6.07, 6.45) is -0.968.